The third-order valence-electron chi connectivity index (χ3n) is 2.64. The van der Waals surface area contributed by atoms with Gasteiger partial charge in [-0.1, -0.05) is 0 Å². The molecule has 1 aromatic heterocycles. The number of anilines is 1. The van der Waals surface area contributed by atoms with Gasteiger partial charge in [0.25, 0.3) is 0 Å². The smallest absolute Gasteiger partial charge is 0.337 e. The van der Waals surface area contributed by atoms with Crippen LogP contribution in [-0.4, -0.2) is 31.0 Å². The molecule has 0 saturated carbocycles. The molecule has 0 amide bonds. The molecular weight excluding hydrogens is 314 g/mol. The van der Waals surface area contributed by atoms with Gasteiger partial charge < -0.3 is 10.8 Å². The van der Waals surface area contributed by atoms with Gasteiger partial charge in [0, 0.05) is 30.2 Å². The molecule has 0 fully saturated rings. The molecule has 0 radical (unpaired) electrons. The lowest BCUT2D eigenvalue weighted by molar-refractivity contribution is 0.0692. The number of nitrogens with one attached hydrogen (secondary N) is 1. The van der Waals surface area contributed by atoms with Gasteiger partial charge in [0.15, 0.2) is 0 Å². The number of thiazole rings is 1. The van der Waals surface area contributed by atoms with Gasteiger partial charge in [-0.15, -0.1) is 11.3 Å². The molecule has 2 rings (SSSR count). The van der Waals surface area contributed by atoms with Crippen LogP contribution in [0.15, 0.2) is 34.7 Å². The highest BCUT2D eigenvalue weighted by Crippen LogP contribution is 2.19. The summed E-state index contributed by atoms with van der Waals surface area (Å²) in [6, 6.07) is 3.65. The molecule has 21 heavy (non-hydrogen) atoms. The predicted octanol–water partition coefficient (Wildman–Crippen LogP) is 0.945. The number of carbonyl (C=O) groups is 1. The number of rotatable bonds is 6. The van der Waals surface area contributed by atoms with Crippen LogP contribution in [0.25, 0.3) is 0 Å². The van der Waals surface area contributed by atoms with Crippen LogP contribution in [0.4, 0.5) is 5.69 Å². The minimum atomic E-state index is -3.95. The second-order valence-electron chi connectivity index (χ2n) is 4.13. The van der Waals surface area contributed by atoms with Crippen molar-refractivity contribution in [3.05, 3.63) is 40.3 Å². The van der Waals surface area contributed by atoms with E-state index in [0.717, 1.165) is 11.1 Å². The van der Waals surface area contributed by atoms with Crippen molar-refractivity contribution in [2.24, 2.45) is 0 Å². The summed E-state index contributed by atoms with van der Waals surface area (Å²) < 4.78 is 26.7. The lowest BCUT2D eigenvalue weighted by atomic mass is 10.2. The number of hydrogen-bond acceptors (Lipinski definition) is 6. The Morgan fingerprint density at radius 1 is 1.43 bits per heavy atom. The van der Waals surface area contributed by atoms with E-state index in [4.69, 9.17) is 10.8 Å². The molecule has 1 aromatic carbocycles. The highest BCUT2D eigenvalue weighted by atomic mass is 32.2. The Kier molecular flexibility index (Phi) is 4.56. The van der Waals surface area contributed by atoms with Crippen LogP contribution in [0.3, 0.4) is 0 Å². The standard InChI is InChI=1S/C12H13N3O4S2/c13-8-1-2-9(12(16)17)10(7-8)21(18,19)15-4-3-11-14-5-6-20-11/h1-2,5-7,15H,3-4,13H2,(H,16,17). The number of carboxylic acids is 1. The number of benzene rings is 1. The minimum absolute atomic E-state index is 0.129. The highest BCUT2D eigenvalue weighted by Gasteiger charge is 2.22. The van der Waals surface area contributed by atoms with Crippen LogP contribution >= 0.6 is 11.3 Å². The molecule has 0 aliphatic rings. The first-order valence-electron chi connectivity index (χ1n) is 5.91. The van der Waals surface area contributed by atoms with Gasteiger partial charge in [0.1, 0.15) is 0 Å². The fourth-order valence-electron chi connectivity index (χ4n) is 1.68. The molecule has 9 heteroatoms. The molecule has 0 bridgehead atoms. The van der Waals surface area contributed by atoms with E-state index in [1.165, 1.54) is 23.5 Å². The number of aromatic carboxylic acids is 1. The molecular formula is C12H13N3O4S2. The molecule has 0 aliphatic carbocycles. The number of nitrogens with zero attached hydrogens (tertiary/aromatic N) is 1. The Morgan fingerprint density at radius 3 is 2.81 bits per heavy atom. The number of nitrogen functional groups attached to an aromatic ring is 1. The summed E-state index contributed by atoms with van der Waals surface area (Å²) in [4.78, 5) is 14.8. The molecule has 0 unspecified atom stereocenters. The first-order valence-corrected chi connectivity index (χ1v) is 8.27. The zero-order valence-corrected chi connectivity index (χ0v) is 12.4. The molecule has 0 aliphatic heterocycles. The number of aromatic nitrogens is 1. The van der Waals surface area contributed by atoms with Crippen molar-refractivity contribution in [1.82, 2.24) is 9.71 Å². The molecule has 112 valence electrons. The molecule has 0 spiro atoms. The quantitative estimate of drug-likeness (QED) is 0.679. The zero-order chi connectivity index (χ0) is 15.5. The van der Waals surface area contributed by atoms with Crippen molar-refractivity contribution in [2.45, 2.75) is 11.3 Å². The molecule has 4 N–H and O–H groups in total. The van der Waals surface area contributed by atoms with E-state index >= 15 is 0 Å². The molecule has 0 atom stereocenters. The average molecular weight is 327 g/mol. The van der Waals surface area contributed by atoms with Crippen LogP contribution in [0.2, 0.25) is 0 Å². The van der Waals surface area contributed by atoms with Gasteiger partial charge in [0.2, 0.25) is 10.0 Å². The molecule has 1 heterocycles. The largest absolute Gasteiger partial charge is 0.478 e. The van der Waals surface area contributed by atoms with Crippen LogP contribution in [0.5, 0.6) is 0 Å². The number of carboxylic acid groups (broad SMARTS) is 1. The third-order valence-corrected chi connectivity index (χ3v) is 4.98. The topological polar surface area (TPSA) is 122 Å². The van der Waals surface area contributed by atoms with Crippen LogP contribution in [0, 0.1) is 0 Å². The maximum atomic E-state index is 12.2. The first-order chi connectivity index (χ1) is 9.90. The Labute approximate surface area is 125 Å². The van der Waals surface area contributed by atoms with Crippen molar-refractivity contribution in [3.8, 4) is 0 Å². The second-order valence-corrected chi connectivity index (χ2v) is 6.85. The van der Waals surface area contributed by atoms with Gasteiger partial charge >= 0.3 is 5.97 Å². The second kappa shape index (κ2) is 6.20. The summed E-state index contributed by atoms with van der Waals surface area (Å²) >= 11 is 1.42. The van der Waals surface area contributed by atoms with Crippen LogP contribution < -0.4 is 10.5 Å². The van der Waals surface area contributed by atoms with Gasteiger partial charge in [0.05, 0.1) is 15.5 Å². The maximum absolute atomic E-state index is 12.2. The van der Waals surface area contributed by atoms with E-state index in [2.05, 4.69) is 9.71 Å². The van der Waals surface area contributed by atoms with E-state index in [1.54, 1.807) is 11.6 Å². The summed E-state index contributed by atoms with van der Waals surface area (Å²) in [5, 5.41) is 11.6. The van der Waals surface area contributed by atoms with Crippen LogP contribution in [0.1, 0.15) is 15.4 Å². The van der Waals surface area contributed by atoms with E-state index in [0.29, 0.717) is 6.42 Å². The monoisotopic (exact) mass is 327 g/mol. The van der Waals surface area contributed by atoms with Gasteiger partial charge in [-0.2, -0.15) is 0 Å². The van der Waals surface area contributed by atoms with Crippen molar-refractivity contribution < 1.29 is 18.3 Å². The van der Waals surface area contributed by atoms with Crippen molar-refractivity contribution in [1.29, 1.82) is 0 Å². The minimum Gasteiger partial charge on any atom is -0.478 e. The zero-order valence-electron chi connectivity index (χ0n) is 10.8. The molecule has 2 aromatic rings. The Balaban J connectivity index is 2.19. The number of nitrogens with two attached hydrogens (primary N) is 1. The molecule has 0 saturated heterocycles. The maximum Gasteiger partial charge on any atom is 0.337 e. The van der Waals surface area contributed by atoms with E-state index in [-0.39, 0.29) is 22.7 Å². The summed E-state index contributed by atoms with van der Waals surface area (Å²) in [5.74, 6) is -1.32. The summed E-state index contributed by atoms with van der Waals surface area (Å²) in [7, 11) is -3.95. The first kappa shape index (κ1) is 15.4. The third kappa shape index (κ3) is 3.78. The SMILES string of the molecule is Nc1ccc(C(=O)O)c(S(=O)(=O)NCCc2nccs2)c1. The van der Waals surface area contributed by atoms with E-state index in [9.17, 15) is 13.2 Å². The van der Waals surface area contributed by atoms with Gasteiger partial charge in [-0.3, -0.25) is 0 Å². The number of sulfonamides is 1. The van der Waals surface area contributed by atoms with Crippen molar-refractivity contribution in [2.75, 3.05) is 12.3 Å². The lowest BCUT2D eigenvalue weighted by Crippen LogP contribution is -2.27. The predicted molar refractivity (Wildman–Crippen MR) is 78.8 cm³/mol. The summed E-state index contributed by atoms with van der Waals surface area (Å²) in [6.07, 6.45) is 2.07. The number of hydrogen-bond donors (Lipinski definition) is 3. The van der Waals surface area contributed by atoms with Gasteiger partial charge in [-0.05, 0) is 18.2 Å². The summed E-state index contributed by atoms with van der Waals surface area (Å²) in [5.41, 5.74) is 5.40. The Bertz CT molecular complexity index is 742. The highest BCUT2D eigenvalue weighted by molar-refractivity contribution is 7.89. The fourth-order valence-corrected chi connectivity index (χ4v) is 3.57. The summed E-state index contributed by atoms with van der Waals surface area (Å²) in [6.45, 7) is 0.129. The van der Waals surface area contributed by atoms with Crippen molar-refractivity contribution in [3.63, 3.8) is 0 Å². The van der Waals surface area contributed by atoms with Gasteiger partial charge in [-0.25, -0.2) is 22.9 Å². The van der Waals surface area contributed by atoms with Crippen molar-refractivity contribution >= 4 is 33.0 Å². The lowest BCUT2D eigenvalue weighted by Gasteiger charge is -2.09. The normalized spacial score (nSPS) is 11.4. The Hall–Kier alpha value is -1.97. The fraction of sp³-hybridized carbons (Fsp3) is 0.167. The van der Waals surface area contributed by atoms with Crippen LogP contribution in [-0.2, 0) is 16.4 Å². The Morgan fingerprint density at radius 2 is 2.19 bits per heavy atom. The van der Waals surface area contributed by atoms with E-state index < -0.39 is 16.0 Å². The van der Waals surface area contributed by atoms with E-state index in [1.807, 2.05) is 0 Å². The average Bonchev–Trinajstić information content (AvgIpc) is 2.91. The molecule has 7 nitrogen and oxygen atoms in total.